The number of carbonyl (C=O) groups excluding carboxylic acids is 2. The molecule has 0 radical (unpaired) electrons. The molecule has 0 bridgehead atoms. The van der Waals surface area contributed by atoms with Gasteiger partial charge in [-0.1, -0.05) is 6.07 Å². The zero-order valence-electron chi connectivity index (χ0n) is 16.6. The first kappa shape index (κ1) is 20.7. The molecule has 158 valence electrons. The Hall–Kier alpha value is -3.52. The van der Waals surface area contributed by atoms with Crippen LogP contribution in [0.1, 0.15) is 22.0 Å². The Morgan fingerprint density at radius 1 is 1.10 bits per heavy atom. The van der Waals surface area contributed by atoms with Crippen LogP contribution in [0.3, 0.4) is 0 Å². The fourth-order valence-electron chi connectivity index (χ4n) is 3.63. The monoisotopic (exact) mass is 441 g/mol. The smallest absolute Gasteiger partial charge is 0.300 e. The summed E-state index contributed by atoms with van der Waals surface area (Å²) in [6.07, 6.45) is 0. The van der Waals surface area contributed by atoms with E-state index >= 15 is 0 Å². The van der Waals surface area contributed by atoms with Gasteiger partial charge in [-0.05, 0) is 54.3 Å². The van der Waals surface area contributed by atoms with Gasteiger partial charge in [0.2, 0.25) is 0 Å². The third-order valence-electron chi connectivity index (χ3n) is 5.11. The van der Waals surface area contributed by atoms with Crippen molar-refractivity contribution in [2.75, 3.05) is 12.0 Å². The summed E-state index contributed by atoms with van der Waals surface area (Å²) in [4.78, 5) is 27.6. The fraction of sp³-hybridized carbons (Fsp3) is 0.130. The molecule has 0 spiro atoms. The number of nitrogens with zero attached hydrogens (tertiary/aromatic N) is 1. The van der Waals surface area contributed by atoms with Crippen molar-refractivity contribution >= 4 is 34.5 Å². The second kappa shape index (κ2) is 7.96. The molecule has 3 aromatic rings. The molecule has 2 heterocycles. The third kappa shape index (κ3) is 3.48. The summed E-state index contributed by atoms with van der Waals surface area (Å²) < 4.78 is 32.6. The van der Waals surface area contributed by atoms with Gasteiger partial charge in [0.25, 0.3) is 11.7 Å². The summed E-state index contributed by atoms with van der Waals surface area (Å²) >= 11 is 1.28. The molecule has 1 aromatic heterocycles. The molecule has 1 saturated heterocycles. The molecule has 5 nitrogen and oxygen atoms in total. The molecule has 4 rings (SSSR count). The number of hydrogen-bond acceptors (Lipinski definition) is 5. The van der Waals surface area contributed by atoms with Crippen LogP contribution in [-0.4, -0.2) is 23.9 Å². The first-order valence-electron chi connectivity index (χ1n) is 9.28. The number of aliphatic hydroxyl groups excluding tert-OH is 1. The lowest BCUT2D eigenvalue weighted by Gasteiger charge is -2.24. The second-order valence-electron chi connectivity index (χ2n) is 6.97. The highest BCUT2D eigenvalue weighted by Gasteiger charge is 2.47. The van der Waals surface area contributed by atoms with E-state index < -0.39 is 29.4 Å². The van der Waals surface area contributed by atoms with Gasteiger partial charge in [-0.2, -0.15) is 0 Å². The first-order chi connectivity index (χ1) is 14.8. The van der Waals surface area contributed by atoms with Gasteiger partial charge >= 0.3 is 0 Å². The number of anilines is 1. The van der Waals surface area contributed by atoms with Gasteiger partial charge in [0.1, 0.15) is 17.6 Å². The van der Waals surface area contributed by atoms with Gasteiger partial charge in [-0.3, -0.25) is 14.5 Å². The molecule has 1 unspecified atom stereocenters. The van der Waals surface area contributed by atoms with E-state index in [0.29, 0.717) is 16.2 Å². The van der Waals surface area contributed by atoms with Crippen molar-refractivity contribution < 1.29 is 28.2 Å². The number of thiophene rings is 1. The Bertz CT molecular complexity index is 1220. The number of rotatable bonds is 4. The maximum absolute atomic E-state index is 13.9. The molecule has 1 fully saturated rings. The Morgan fingerprint density at radius 3 is 2.48 bits per heavy atom. The van der Waals surface area contributed by atoms with Crippen LogP contribution in [-0.2, 0) is 9.59 Å². The SMILES string of the molecule is COc1ccc(/C(O)=C2/C(=O)C(=O)N(c3ccc(F)c(F)c3)C2c2cccs2)cc1C. The highest BCUT2D eigenvalue weighted by atomic mass is 32.1. The van der Waals surface area contributed by atoms with Crippen molar-refractivity contribution in [3.8, 4) is 5.75 Å². The van der Waals surface area contributed by atoms with Crippen LogP contribution >= 0.6 is 11.3 Å². The molecule has 31 heavy (non-hydrogen) atoms. The normalized spacial score (nSPS) is 17.9. The average molecular weight is 441 g/mol. The number of Topliss-reactive ketones (excluding diaryl/α,β-unsaturated/α-hetero) is 1. The van der Waals surface area contributed by atoms with Gasteiger partial charge in [-0.25, -0.2) is 8.78 Å². The number of carbonyl (C=O) groups is 2. The van der Waals surface area contributed by atoms with Crippen molar-refractivity contribution in [2.24, 2.45) is 0 Å². The predicted octanol–water partition coefficient (Wildman–Crippen LogP) is 4.97. The van der Waals surface area contributed by atoms with E-state index in [1.807, 2.05) is 0 Å². The summed E-state index contributed by atoms with van der Waals surface area (Å²) in [6.45, 7) is 1.78. The van der Waals surface area contributed by atoms with Crippen LogP contribution in [0.4, 0.5) is 14.5 Å². The van der Waals surface area contributed by atoms with Gasteiger partial charge in [0, 0.05) is 22.2 Å². The average Bonchev–Trinajstić information content (AvgIpc) is 3.37. The molecule has 1 atom stereocenters. The maximum Gasteiger partial charge on any atom is 0.300 e. The number of ether oxygens (including phenoxy) is 1. The van der Waals surface area contributed by atoms with E-state index in [9.17, 15) is 23.5 Å². The van der Waals surface area contributed by atoms with Crippen molar-refractivity contribution in [3.05, 3.63) is 87.1 Å². The van der Waals surface area contributed by atoms with Gasteiger partial charge in [-0.15, -0.1) is 11.3 Å². The zero-order valence-corrected chi connectivity index (χ0v) is 17.4. The number of aliphatic hydroxyl groups is 1. The number of ketones is 1. The highest BCUT2D eigenvalue weighted by molar-refractivity contribution is 7.10. The molecule has 0 aliphatic carbocycles. The Morgan fingerprint density at radius 2 is 1.87 bits per heavy atom. The Kier molecular flexibility index (Phi) is 5.32. The number of halogens is 2. The van der Waals surface area contributed by atoms with Crippen molar-refractivity contribution in [2.45, 2.75) is 13.0 Å². The topological polar surface area (TPSA) is 66.8 Å². The largest absolute Gasteiger partial charge is 0.507 e. The standard InChI is InChI=1S/C23H17F2NO4S/c1-12-10-13(5-8-17(12)30-2)21(27)19-20(18-4-3-9-31-18)26(23(29)22(19)28)14-6-7-15(24)16(25)11-14/h3-11,20,27H,1-2H3/b21-19-. The lowest BCUT2D eigenvalue weighted by atomic mass is 9.98. The van der Waals surface area contributed by atoms with Crippen molar-refractivity contribution in [1.82, 2.24) is 0 Å². The fourth-order valence-corrected chi connectivity index (χ4v) is 4.45. The molecule has 8 heteroatoms. The summed E-state index contributed by atoms with van der Waals surface area (Å²) in [6, 6.07) is 10.3. The molecule has 2 aromatic carbocycles. The van der Waals surface area contributed by atoms with Crippen LogP contribution in [0.2, 0.25) is 0 Å². The minimum absolute atomic E-state index is 0.0179. The van der Waals surface area contributed by atoms with E-state index in [1.54, 1.807) is 42.6 Å². The van der Waals surface area contributed by atoms with E-state index in [1.165, 1.54) is 24.5 Å². The van der Waals surface area contributed by atoms with Gasteiger partial charge in [0.05, 0.1) is 12.7 Å². The van der Waals surface area contributed by atoms with E-state index in [-0.39, 0.29) is 17.0 Å². The minimum atomic E-state index is -1.14. The number of hydrogen-bond donors (Lipinski definition) is 1. The molecular weight excluding hydrogens is 424 g/mol. The lowest BCUT2D eigenvalue weighted by molar-refractivity contribution is -0.132. The molecular formula is C23H17F2NO4S. The van der Waals surface area contributed by atoms with Crippen LogP contribution in [0.5, 0.6) is 5.75 Å². The van der Waals surface area contributed by atoms with Crippen molar-refractivity contribution in [3.63, 3.8) is 0 Å². The summed E-state index contributed by atoms with van der Waals surface area (Å²) in [5.74, 6) is -3.80. The number of benzene rings is 2. The van der Waals surface area contributed by atoms with Crippen LogP contribution in [0.25, 0.3) is 5.76 Å². The van der Waals surface area contributed by atoms with Gasteiger partial charge in [0.15, 0.2) is 11.6 Å². The van der Waals surface area contributed by atoms with Crippen molar-refractivity contribution in [1.29, 1.82) is 0 Å². The molecule has 0 saturated carbocycles. The van der Waals surface area contributed by atoms with Crippen LogP contribution in [0.15, 0.2) is 59.5 Å². The summed E-state index contributed by atoms with van der Waals surface area (Å²) in [5, 5.41) is 12.8. The summed E-state index contributed by atoms with van der Waals surface area (Å²) in [5.41, 5.74) is 0.961. The third-order valence-corrected chi connectivity index (χ3v) is 6.03. The predicted molar refractivity (Wildman–Crippen MR) is 113 cm³/mol. The van der Waals surface area contributed by atoms with E-state index in [4.69, 9.17) is 4.74 Å². The number of methoxy groups -OCH3 is 1. The molecule has 1 aliphatic heterocycles. The number of amides is 1. The maximum atomic E-state index is 13.9. The Labute approximate surface area is 180 Å². The minimum Gasteiger partial charge on any atom is -0.507 e. The highest BCUT2D eigenvalue weighted by Crippen LogP contribution is 2.44. The van der Waals surface area contributed by atoms with Gasteiger partial charge < -0.3 is 9.84 Å². The van der Waals surface area contributed by atoms with Crippen LogP contribution in [0, 0.1) is 18.6 Å². The second-order valence-corrected chi connectivity index (χ2v) is 7.95. The molecule has 1 N–H and O–H groups in total. The quantitative estimate of drug-likeness (QED) is 0.353. The lowest BCUT2D eigenvalue weighted by Crippen LogP contribution is -2.29. The first-order valence-corrected chi connectivity index (χ1v) is 10.2. The van der Waals surface area contributed by atoms with Crippen LogP contribution < -0.4 is 9.64 Å². The summed E-state index contributed by atoms with van der Waals surface area (Å²) in [7, 11) is 1.52. The molecule has 1 amide bonds. The van der Waals surface area contributed by atoms with E-state index in [0.717, 1.165) is 22.6 Å². The zero-order chi connectivity index (χ0) is 22.3. The number of aryl methyl sites for hydroxylation is 1. The van der Waals surface area contributed by atoms with E-state index in [2.05, 4.69) is 0 Å². The molecule has 1 aliphatic rings. The Balaban J connectivity index is 1.91.